The summed E-state index contributed by atoms with van der Waals surface area (Å²) in [6.07, 6.45) is 1.65. The summed E-state index contributed by atoms with van der Waals surface area (Å²) in [5.41, 5.74) is 3.44. The topological polar surface area (TPSA) is 53.3 Å². The van der Waals surface area contributed by atoms with Gasteiger partial charge in [0.2, 0.25) is 0 Å². The molecule has 0 aliphatic carbocycles. The zero-order valence-electron chi connectivity index (χ0n) is 14.6. The zero-order valence-corrected chi connectivity index (χ0v) is 14.6. The van der Waals surface area contributed by atoms with Crippen LogP contribution in [0.15, 0.2) is 60.3 Å². The predicted molar refractivity (Wildman–Crippen MR) is 97.6 cm³/mol. The molecule has 0 amide bonds. The fraction of sp³-hybridized carbons (Fsp3) is 0.238. The molecule has 126 valence electrons. The number of nitriles is 1. The zero-order chi connectivity index (χ0) is 18.0. The molecule has 1 heterocycles. The van der Waals surface area contributed by atoms with Crippen LogP contribution >= 0.6 is 0 Å². The number of hydrogen-bond donors (Lipinski definition) is 0. The van der Waals surface area contributed by atoms with Gasteiger partial charge < -0.3 is 9.64 Å². The molecule has 1 aliphatic heterocycles. The van der Waals surface area contributed by atoms with Crippen molar-refractivity contribution in [1.82, 2.24) is 0 Å². The highest BCUT2D eigenvalue weighted by atomic mass is 16.5. The minimum Gasteiger partial charge on any atom is -0.484 e. The number of fused-ring (bicyclic) bond motifs is 1. The van der Waals surface area contributed by atoms with E-state index in [1.807, 2.05) is 19.2 Å². The third kappa shape index (κ3) is 3.01. The molecule has 0 atom stereocenters. The second-order valence-corrected chi connectivity index (χ2v) is 6.59. The highest BCUT2D eigenvalue weighted by Crippen LogP contribution is 2.46. The lowest BCUT2D eigenvalue weighted by atomic mass is 9.83. The van der Waals surface area contributed by atoms with Crippen molar-refractivity contribution in [3.05, 3.63) is 71.4 Å². The number of carbonyl (C=O) groups is 1. The van der Waals surface area contributed by atoms with E-state index < -0.39 is 0 Å². The summed E-state index contributed by atoms with van der Waals surface area (Å²) in [7, 11) is 1.97. The molecule has 0 aromatic heterocycles. The minimum atomic E-state index is -0.244. The number of benzene rings is 2. The number of hydrogen-bond acceptors (Lipinski definition) is 4. The molecule has 2 aromatic rings. The Morgan fingerprint density at radius 3 is 2.60 bits per heavy atom. The lowest BCUT2D eigenvalue weighted by Crippen LogP contribution is -2.25. The minimum absolute atomic E-state index is 0.0948. The van der Waals surface area contributed by atoms with Crippen LogP contribution in [-0.2, 0) is 10.2 Å². The van der Waals surface area contributed by atoms with E-state index in [2.05, 4.69) is 36.9 Å². The molecule has 0 N–H and O–H groups in total. The quantitative estimate of drug-likeness (QED) is 0.799. The highest BCUT2D eigenvalue weighted by Gasteiger charge is 2.38. The van der Waals surface area contributed by atoms with E-state index >= 15 is 0 Å². The number of para-hydroxylation sites is 2. The van der Waals surface area contributed by atoms with Crippen molar-refractivity contribution in [2.24, 2.45) is 0 Å². The van der Waals surface area contributed by atoms with E-state index in [9.17, 15) is 4.79 Å². The summed E-state index contributed by atoms with van der Waals surface area (Å²) in [4.78, 5) is 14.5. The van der Waals surface area contributed by atoms with Gasteiger partial charge in [-0.15, -0.1) is 0 Å². The third-order valence-corrected chi connectivity index (χ3v) is 4.62. The summed E-state index contributed by atoms with van der Waals surface area (Å²) in [5, 5.41) is 9.08. The molecule has 0 radical (unpaired) electrons. The van der Waals surface area contributed by atoms with Crippen molar-refractivity contribution >= 4 is 11.5 Å². The number of nitrogens with zero attached hydrogens (tertiary/aromatic N) is 2. The predicted octanol–water partition coefficient (Wildman–Crippen LogP) is 3.82. The molecule has 2 aromatic carbocycles. The van der Waals surface area contributed by atoms with E-state index in [0.29, 0.717) is 11.3 Å². The van der Waals surface area contributed by atoms with E-state index in [1.165, 1.54) is 5.56 Å². The summed E-state index contributed by atoms with van der Waals surface area (Å²) < 4.78 is 5.55. The van der Waals surface area contributed by atoms with Crippen LogP contribution in [0, 0.1) is 11.3 Å². The Labute approximate surface area is 148 Å². The summed E-state index contributed by atoms with van der Waals surface area (Å²) in [6.45, 7) is 4.13. The van der Waals surface area contributed by atoms with Crippen LogP contribution < -0.4 is 9.64 Å². The van der Waals surface area contributed by atoms with Crippen LogP contribution in [0.4, 0.5) is 5.69 Å². The van der Waals surface area contributed by atoms with Crippen LogP contribution in [0.2, 0.25) is 0 Å². The number of ether oxygens (including phenoxy) is 1. The van der Waals surface area contributed by atoms with Crippen molar-refractivity contribution in [2.75, 3.05) is 18.6 Å². The monoisotopic (exact) mass is 332 g/mol. The second-order valence-electron chi connectivity index (χ2n) is 6.59. The number of anilines is 1. The smallest absolute Gasteiger partial charge is 0.194 e. The molecule has 0 fully saturated rings. The van der Waals surface area contributed by atoms with Gasteiger partial charge in [-0.3, -0.25) is 4.79 Å². The maximum absolute atomic E-state index is 12.4. The molecule has 0 spiro atoms. The normalized spacial score (nSPS) is 16.4. The van der Waals surface area contributed by atoms with Crippen LogP contribution in [0.1, 0.15) is 25.0 Å². The standard InChI is InChI=1S/C21H20N2O2/c1-21(2)17-9-5-6-10-18(17)23(3)20(21)12-16(24)14-25-19-11-7-4-8-15(19)13-22/h4-12H,14H2,1-3H3/b20-12-. The lowest BCUT2D eigenvalue weighted by molar-refractivity contribution is -0.116. The van der Waals surface area contributed by atoms with Gasteiger partial charge in [-0.2, -0.15) is 5.26 Å². The summed E-state index contributed by atoms with van der Waals surface area (Å²) in [6, 6.07) is 17.1. The van der Waals surface area contributed by atoms with Crippen molar-refractivity contribution in [2.45, 2.75) is 19.3 Å². The van der Waals surface area contributed by atoms with E-state index in [0.717, 1.165) is 11.4 Å². The molecule has 0 saturated carbocycles. The number of ketones is 1. The van der Waals surface area contributed by atoms with Gasteiger partial charge in [0.25, 0.3) is 0 Å². The first-order chi connectivity index (χ1) is 11.9. The highest BCUT2D eigenvalue weighted by molar-refractivity contribution is 5.93. The third-order valence-electron chi connectivity index (χ3n) is 4.62. The average Bonchev–Trinajstić information content (AvgIpc) is 2.81. The Kier molecular flexibility index (Phi) is 4.33. The van der Waals surface area contributed by atoms with Crippen LogP contribution in [0.3, 0.4) is 0 Å². The van der Waals surface area contributed by atoms with Gasteiger partial charge in [0.05, 0.1) is 5.56 Å². The Bertz CT molecular complexity index is 891. The summed E-state index contributed by atoms with van der Waals surface area (Å²) in [5.74, 6) is 0.301. The summed E-state index contributed by atoms with van der Waals surface area (Å²) >= 11 is 0. The Morgan fingerprint density at radius 2 is 1.88 bits per heavy atom. The van der Waals surface area contributed by atoms with Gasteiger partial charge in [0.1, 0.15) is 11.8 Å². The van der Waals surface area contributed by atoms with Gasteiger partial charge in [0.15, 0.2) is 12.4 Å². The Balaban J connectivity index is 1.79. The van der Waals surface area contributed by atoms with Gasteiger partial charge >= 0.3 is 0 Å². The van der Waals surface area contributed by atoms with Crippen LogP contribution in [-0.4, -0.2) is 19.4 Å². The fourth-order valence-corrected chi connectivity index (χ4v) is 3.29. The van der Waals surface area contributed by atoms with Gasteiger partial charge in [0, 0.05) is 29.9 Å². The molecule has 3 rings (SSSR count). The van der Waals surface area contributed by atoms with Crippen molar-refractivity contribution < 1.29 is 9.53 Å². The first kappa shape index (κ1) is 16.8. The van der Waals surface area contributed by atoms with Crippen LogP contribution in [0.25, 0.3) is 0 Å². The average molecular weight is 332 g/mol. The molecule has 1 aliphatic rings. The fourth-order valence-electron chi connectivity index (χ4n) is 3.29. The van der Waals surface area contributed by atoms with Crippen molar-refractivity contribution in [3.63, 3.8) is 0 Å². The van der Waals surface area contributed by atoms with Crippen molar-refractivity contribution in [3.8, 4) is 11.8 Å². The molecular formula is C21H20N2O2. The van der Waals surface area contributed by atoms with Gasteiger partial charge in [-0.1, -0.05) is 44.2 Å². The maximum Gasteiger partial charge on any atom is 0.194 e. The molecule has 0 unspecified atom stereocenters. The molecule has 4 heteroatoms. The second kappa shape index (κ2) is 6.45. The van der Waals surface area contributed by atoms with E-state index in [1.54, 1.807) is 30.3 Å². The molecule has 0 bridgehead atoms. The number of rotatable bonds is 4. The first-order valence-electron chi connectivity index (χ1n) is 8.15. The number of allylic oxidation sites excluding steroid dienone is 1. The molecular weight excluding hydrogens is 312 g/mol. The van der Waals surface area contributed by atoms with E-state index in [-0.39, 0.29) is 17.8 Å². The first-order valence-corrected chi connectivity index (χ1v) is 8.15. The van der Waals surface area contributed by atoms with Crippen LogP contribution in [0.5, 0.6) is 5.75 Å². The molecule has 0 saturated heterocycles. The van der Waals surface area contributed by atoms with Crippen molar-refractivity contribution in [1.29, 1.82) is 5.26 Å². The number of likely N-dealkylation sites (N-methyl/N-ethyl adjacent to an activating group) is 1. The maximum atomic E-state index is 12.4. The largest absolute Gasteiger partial charge is 0.484 e. The Hall–Kier alpha value is -3.06. The lowest BCUT2D eigenvalue weighted by Gasteiger charge is -2.24. The SMILES string of the molecule is CN1/C(=C\C(=O)COc2ccccc2C#N)C(C)(C)c2ccccc21. The van der Waals surface area contributed by atoms with E-state index in [4.69, 9.17) is 10.00 Å². The van der Waals surface area contributed by atoms with Gasteiger partial charge in [-0.25, -0.2) is 0 Å². The molecule has 4 nitrogen and oxygen atoms in total. The Morgan fingerprint density at radius 1 is 1.20 bits per heavy atom. The van der Waals surface area contributed by atoms with Gasteiger partial charge in [-0.05, 0) is 23.8 Å². The molecule has 25 heavy (non-hydrogen) atoms. The number of carbonyl (C=O) groups excluding carboxylic acids is 1.